The summed E-state index contributed by atoms with van der Waals surface area (Å²) in [5, 5.41) is 0. The van der Waals surface area contributed by atoms with Crippen molar-refractivity contribution in [1.29, 1.82) is 0 Å². The van der Waals surface area contributed by atoms with E-state index in [1.165, 1.54) is 13.8 Å². The summed E-state index contributed by atoms with van der Waals surface area (Å²) in [5.74, 6) is 0.217. The number of hydrogen-bond acceptors (Lipinski definition) is 4. The van der Waals surface area contributed by atoms with Gasteiger partial charge in [0.15, 0.2) is 0 Å². The Bertz CT molecular complexity index is 299. The Labute approximate surface area is 95.3 Å². The van der Waals surface area contributed by atoms with Crippen LogP contribution in [0.3, 0.4) is 0 Å². The van der Waals surface area contributed by atoms with Crippen molar-refractivity contribution < 1.29 is 19.1 Å². The van der Waals surface area contributed by atoms with E-state index in [9.17, 15) is 9.59 Å². The van der Waals surface area contributed by atoms with Gasteiger partial charge in [0.2, 0.25) is 0 Å². The maximum absolute atomic E-state index is 11.0. The van der Waals surface area contributed by atoms with Gasteiger partial charge in [-0.25, -0.2) is 0 Å². The summed E-state index contributed by atoms with van der Waals surface area (Å²) in [7, 11) is 0. The lowest BCUT2D eigenvalue weighted by Gasteiger charge is -2.35. The third kappa shape index (κ3) is 2.20. The summed E-state index contributed by atoms with van der Waals surface area (Å²) >= 11 is 0. The molecular weight excluding hydrogens is 208 g/mol. The molecule has 0 aliphatic heterocycles. The Kier molecular flexibility index (Phi) is 3.17. The molecule has 0 radical (unpaired) electrons. The molecule has 4 heteroatoms. The van der Waals surface area contributed by atoms with Gasteiger partial charge in [-0.2, -0.15) is 0 Å². The van der Waals surface area contributed by atoms with Crippen molar-refractivity contribution in [2.45, 2.75) is 51.7 Å². The van der Waals surface area contributed by atoms with Crippen molar-refractivity contribution in [2.24, 2.45) is 11.8 Å². The zero-order valence-corrected chi connectivity index (χ0v) is 9.77. The van der Waals surface area contributed by atoms with E-state index in [0.29, 0.717) is 5.92 Å². The third-order valence-corrected chi connectivity index (χ3v) is 3.68. The molecule has 2 bridgehead atoms. The minimum Gasteiger partial charge on any atom is -0.462 e. The van der Waals surface area contributed by atoms with E-state index < -0.39 is 0 Å². The van der Waals surface area contributed by atoms with Crippen LogP contribution in [0.4, 0.5) is 0 Å². The molecule has 4 nitrogen and oxygen atoms in total. The van der Waals surface area contributed by atoms with Gasteiger partial charge in [-0.3, -0.25) is 9.59 Å². The maximum Gasteiger partial charge on any atom is 0.302 e. The Hall–Kier alpha value is -1.06. The largest absolute Gasteiger partial charge is 0.462 e. The van der Waals surface area contributed by atoms with Gasteiger partial charge in [0.1, 0.15) is 12.2 Å². The molecule has 0 aromatic rings. The van der Waals surface area contributed by atoms with E-state index in [4.69, 9.17) is 9.47 Å². The molecule has 90 valence electrons. The number of esters is 2. The molecule has 2 unspecified atom stereocenters. The summed E-state index contributed by atoms with van der Waals surface area (Å²) in [6, 6.07) is 0. The van der Waals surface area contributed by atoms with Crippen molar-refractivity contribution in [2.75, 3.05) is 0 Å². The van der Waals surface area contributed by atoms with E-state index in [1.807, 2.05) is 0 Å². The standard InChI is InChI=1S/C12H18O4/c1-7(13)15-11-6-4-9-3-5-10(11)12(9)16-8(2)14/h9-12H,3-6H2,1-2H3/t9-,10+,11?,12?/m1/s1. The second-order valence-electron chi connectivity index (χ2n) is 4.80. The van der Waals surface area contributed by atoms with Crippen LogP contribution in [0.1, 0.15) is 39.5 Å². The number of carbonyl (C=O) groups is 2. The van der Waals surface area contributed by atoms with Gasteiger partial charge < -0.3 is 9.47 Å². The zero-order valence-electron chi connectivity index (χ0n) is 9.77. The molecule has 0 aromatic heterocycles. The monoisotopic (exact) mass is 226 g/mol. The van der Waals surface area contributed by atoms with Gasteiger partial charge >= 0.3 is 11.9 Å². The van der Waals surface area contributed by atoms with E-state index >= 15 is 0 Å². The average molecular weight is 226 g/mol. The molecule has 0 saturated heterocycles. The quantitative estimate of drug-likeness (QED) is 0.672. The fraction of sp³-hybridized carbons (Fsp3) is 0.833. The first-order chi connectivity index (χ1) is 7.58. The van der Waals surface area contributed by atoms with Crippen LogP contribution in [-0.2, 0) is 19.1 Å². The highest BCUT2D eigenvalue weighted by molar-refractivity contribution is 5.67. The van der Waals surface area contributed by atoms with E-state index in [2.05, 4.69) is 0 Å². The average Bonchev–Trinajstić information content (AvgIpc) is 2.41. The second-order valence-corrected chi connectivity index (χ2v) is 4.80. The molecular formula is C12H18O4. The minimum atomic E-state index is -0.239. The number of rotatable bonds is 2. The second kappa shape index (κ2) is 4.44. The smallest absolute Gasteiger partial charge is 0.302 e. The number of fused-ring (bicyclic) bond motifs is 2. The van der Waals surface area contributed by atoms with Gasteiger partial charge in [0, 0.05) is 19.8 Å². The van der Waals surface area contributed by atoms with E-state index in [-0.39, 0.29) is 30.1 Å². The fourth-order valence-corrected chi connectivity index (χ4v) is 3.12. The molecule has 2 saturated carbocycles. The minimum absolute atomic E-state index is 0.0319. The predicted molar refractivity (Wildman–Crippen MR) is 56.6 cm³/mol. The van der Waals surface area contributed by atoms with Gasteiger partial charge in [-0.1, -0.05) is 0 Å². The maximum atomic E-state index is 11.0. The third-order valence-electron chi connectivity index (χ3n) is 3.68. The van der Waals surface area contributed by atoms with Crippen LogP contribution in [-0.4, -0.2) is 24.1 Å². The van der Waals surface area contributed by atoms with Gasteiger partial charge in [0.25, 0.3) is 0 Å². The summed E-state index contributed by atoms with van der Waals surface area (Å²) in [4.78, 5) is 22.0. The Morgan fingerprint density at radius 2 is 1.56 bits per heavy atom. The molecule has 16 heavy (non-hydrogen) atoms. The van der Waals surface area contributed by atoms with Crippen molar-refractivity contribution >= 4 is 11.9 Å². The number of carbonyl (C=O) groups excluding carboxylic acids is 2. The normalized spacial score (nSPS) is 36.9. The van der Waals surface area contributed by atoms with E-state index in [0.717, 1.165) is 25.7 Å². The first-order valence-electron chi connectivity index (χ1n) is 5.92. The van der Waals surface area contributed by atoms with Crippen LogP contribution in [0.2, 0.25) is 0 Å². The molecule has 0 aromatic carbocycles. The van der Waals surface area contributed by atoms with Crippen molar-refractivity contribution in [1.82, 2.24) is 0 Å². The lowest BCUT2D eigenvalue weighted by molar-refractivity contribution is -0.164. The SMILES string of the molecule is CC(=O)OC1CC[C@H]2CC[C@@H]1C2OC(C)=O. The molecule has 2 fully saturated rings. The topological polar surface area (TPSA) is 52.6 Å². The van der Waals surface area contributed by atoms with Gasteiger partial charge in [0.05, 0.1) is 0 Å². The number of ether oxygens (including phenoxy) is 2. The molecule has 0 spiro atoms. The first-order valence-corrected chi connectivity index (χ1v) is 5.92. The van der Waals surface area contributed by atoms with Crippen LogP contribution in [0.15, 0.2) is 0 Å². The van der Waals surface area contributed by atoms with Crippen LogP contribution in [0, 0.1) is 11.8 Å². The molecule has 2 aliphatic rings. The van der Waals surface area contributed by atoms with Gasteiger partial charge in [-0.15, -0.1) is 0 Å². The van der Waals surface area contributed by atoms with Crippen LogP contribution in [0.5, 0.6) is 0 Å². The van der Waals surface area contributed by atoms with Crippen molar-refractivity contribution in [3.8, 4) is 0 Å². The summed E-state index contributed by atoms with van der Waals surface area (Å²) < 4.78 is 10.7. The fourth-order valence-electron chi connectivity index (χ4n) is 3.12. The summed E-state index contributed by atoms with van der Waals surface area (Å²) in [5.41, 5.74) is 0. The lowest BCUT2D eigenvalue weighted by atomic mass is 9.84. The molecule has 2 aliphatic carbocycles. The predicted octanol–water partition coefficient (Wildman–Crippen LogP) is 1.67. The first kappa shape index (κ1) is 11.4. The molecule has 0 amide bonds. The molecule has 0 heterocycles. The highest BCUT2D eigenvalue weighted by Crippen LogP contribution is 2.45. The lowest BCUT2D eigenvalue weighted by Crippen LogP contribution is -2.40. The molecule has 0 N–H and O–H groups in total. The Balaban J connectivity index is 2.04. The highest BCUT2D eigenvalue weighted by Gasteiger charge is 2.47. The Morgan fingerprint density at radius 3 is 2.19 bits per heavy atom. The van der Waals surface area contributed by atoms with Crippen LogP contribution < -0.4 is 0 Å². The number of hydrogen-bond donors (Lipinski definition) is 0. The van der Waals surface area contributed by atoms with Crippen molar-refractivity contribution in [3.63, 3.8) is 0 Å². The summed E-state index contributed by atoms with van der Waals surface area (Å²) in [6.45, 7) is 2.87. The highest BCUT2D eigenvalue weighted by atomic mass is 16.6. The Morgan fingerprint density at radius 1 is 0.938 bits per heavy atom. The van der Waals surface area contributed by atoms with Gasteiger partial charge in [-0.05, 0) is 31.6 Å². The van der Waals surface area contributed by atoms with Crippen molar-refractivity contribution in [3.05, 3.63) is 0 Å². The van der Waals surface area contributed by atoms with E-state index in [1.54, 1.807) is 0 Å². The zero-order chi connectivity index (χ0) is 11.7. The summed E-state index contributed by atoms with van der Waals surface area (Å²) in [6.07, 6.45) is 3.90. The van der Waals surface area contributed by atoms with Crippen LogP contribution >= 0.6 is 0 Å². The van der Waals surface area contributed by atoms with Crippen LogP contribution in [0.25, 0.3) is 0 Å². The molecule has 2 rings (SSSR count). The molecule has 4 atom stereocenters.